The van der Waals surface area contributed by atoms with Gasteiger partial charge in [-0.3, -0.25) is 14.5 Å². The molecule has 1 amide bonds. The number of ether oxygens (including phenoxy) is 1. The first-order valence-electron chi connectivity index (χ1n) is 10.6. The molecule has 2 N–H and O–H groups in total. The van der Waals surface area contributed by atoms with Gasteiger partial charge in [0.2, 0.25) is 5.88 Å². The van der Waals surface area contributed by atoms with Crippen molar-refractivity contribution in [1.82, 2.24) is 15.3 Å². The van der Waals surface area contributed by atoms with Crippen molar-refractivity contribution in [1.29, 1.82) is 0 Å². The van der Waals surface area contributed by atoms with E-state index in [1.54, 1.807) is 13.0 Å². The Bertz CT molecular complexity index is 1360. The number of nitrogens with one attached hydrogen (secondary N) is 2. The lowest BCUT2D eigenvalue weighted by Gasteiger charge is -2.19. The molecule has 1 aromatic heterocycles. The molecule has 0 spiro atoms. The highest BCUT2D eigenvalue weighted by Crippen LogP contribution is 2.46. The maximum atomic E-state index is 14.9. The largest absolute Gasteiger partial charge is 0.477 e. The third-order valence-electron chi connectivity index (χ3n) is 5.43. The van der Waals surface area contributed by atoms with E-state index in [0.29, 0.717) is 42.1 Å². The summed E-state index contributed by atoms with van der Waals surface area (Å²) in [5.41, 5.74) is 0.195. The Morgan fingerprint density at radius 1 is 1.17 bits per heavy atom. The number of anilines is 1. The molecule has 8 nitrogen and oxygen atoms in total. The van der Waals surface area contributed by atoms with Crippen LogP contribution in [-0.4, -0.2) is 36.7 Å². The van der Waals surface area contributed by atoms with Crippen LogP contribution < -0.4 is 14.8 Å². The summed E-state index contributed by atoms with van der Waals surface area (Å²) in [5, 5.41) is 2.79. The fourth-order valence-corrected chi connectivity index (χ4v) is 4.09. The number of amides is 1. The lowest BCUT2D eigenvalue weighted by atomic mass is 10.0. The molecule has 1 heterocycles. The maximum Gasteiger partial charge on any atom is 0.355 e. The number of aromatic nitrogens is 2. The van der Waals surface area contributed by atoms with Crippen LogP contribution in [0.3, 0.4) is 0 Å². The van der Waals surface area contributed by atoms with Crippen LogP contribution in [0.25, 0.3) is 11.3 Å². The van der Waals surface area contributed by atoms with Crippen LogP contribution in [0.2, 0.25) is 0 Å². The normalized spacial score (nSPS) is 14.4. The second-order valence-electron chi connectivity index (χ2n) is 7.89. The van der Waals surface area contributed by atoms with Crippen molar-refractivity contribution < 1.29 is 31.1 Å². The van der Waals surface area contributed by atoms with Gasteiger partial charge in [0, 0.05) is 11.3 Å². The van der Waals surface area contributed by atoms with Crippen LogP contribution in [-0.2, 0) is 15.6 Å². The predicted molar refractivity (Wildman–Crippen MR) is 122 cm³/mol. The fraction of sp³-hybridized carbons (Fsp3) is 0.261. The van der Waals surface area contributed by atoms with Gasteiger partial charge >= 0.3 is 5.76 Å². The minimum atomic E-state index is -4.84. The van der Waals surface area contributed by atoms with Crippen molar-refractivity contribution in [3.05, 3.63) is 71.8 Å². The van der Waals surface area contributed by atoms with Gasteiger partial charge in [0.1, 0.15) is 5.82 Å². The molecule has 12 heteroatoms. The summed E-state index contributed by atoms with van der Waals surface area (Å²) in [6.45, 7) is 2.19. The highest BCUT2D eigenvalue weighted by atomic mass is 32.2. The van der Waals surface area contributed by atoms with Gasteiger partial charge in [0.05, 0.1) is 35.8 Å². The number of hydrogen-bond acceptors (Lipinski definition) is 6. The molecule has 3 aromatic rings. The summed E-state index contributed by atoms with van der Waals surface area (Å²) < 4.78 is 70.3. The van der Waals surface area contributed by atoms with Gasteiger partial charge in [-0.1, -0.05) is 18.2 Å². The Morgan fingerprint density at radius 2 is 1.94 bits per heavy atom. The molecule has 2 aromatic carbocycles. The minimum Gasteiger partial charge on any atom is -0.477 e. The van der Waals surface area contributed by atoms with Crippen molar-refractivity contribution in [2.24, 2.45) is 0 Å². The molecule has 1 fully saturated rings. The Hall–Kier alpha value is -3.67. The van der Waals surface area contributed by atoms with Crippen molar-refractivity contribution >= 4 is 21.6 Å². The summed E-state index contributed by atoms with van der Waals surface area (Å²) in [5.74, 6) is -4.72. The zero-order chi connectivity index (χ0) is 25.2. The number of halogens is 3. The van der Waals surface area contributed by atoms with Crippen LogP contribution >= 0.6 is 0 Å². The number of carbonyl (C=O) groups excluding carboxylic acids is 1. The lowest BCUT2D eigenvalue weighted by molar-refractivity contribution is 0.0926. The summed E-state index contributed by atoms with van der Waals surface area (Å²) in [6.07, 6.45) is 3.92. The summed E-state index contributed by atoms with van der Waals surface area (Å²) in [7, 11) is -4.84. The van der Waals surface area contributed by atoms with Crippen LogP contribution in [0.15, 0.2) is 54.9 Å². The quantitative estimate of drug-likeness (QED) is 0.453. The van der Waals surface area contributed by atoms with Gasteiger partial charge in [-0.25, -0.2) is 17.8 Å². The van der Waals surface area contributed by atoms with E-state index in [0.717, 1.165) is 0 Å². The van der Waals surface area contributed by atoms with Crippen LogP contribution in [0.4, 0.5) is 18.9 Å². The second-order valence-corrected chi connectivity index (χ2v) is 9.55. The minimum absolute atomic E-state index is 0.0609. The summed E-state index contributed by atoms with van der Waals surface area (Å²) >= 11 is 0. The monoisotopic (exact) mass is 506 g/mol. The molecule has 4 rings (SSSR count). The van der Waals surface area contributed by atoms with E-state index in [-0.39, 0.29) is 11.3 Å². The average molecular weight is 507 g/mol. The van der Waals surface area contributed by atoms with Gasteiger partial charge in [-0.2, -0.15) is 8.78 Å². The number of nitrogens with zero attached hydrogens (tertiary/aromatic N) is 2. The van der Waals surface area contributed by atoms with E-state index in [4.69, 9.17) is 4.74 Å². The smallest absolute Gasteiger partial charge is 0.355 e. The first-order valence-corrected chi connectivity index (χ1v) is 12.2. The van der Waals surface area contributed by atoms with E-state index in [1.165, 1.54) is 48.8 Å². The molecule has 1 aliphatic rings. The number of carbonyl (C=O) groups is 1. The molecule has 184 valence electrons. The number of benzene rings is 2. The van der Waals surface area contributed by atoms with E-state index in [1.807, 2.05) is 4.72 Å². The molecule has 1 aliphatic carbocycles. The summed E-state index contributed by atoms with van der Waals surface area (Å²) in [4.78, 5) is 21.2. The van der Waals surface area contributed by atoms with E-state index in [9.17, 15) is 26.4 Å². The lowest BCUT2D eigenvalue weighted by Crippen LogP contribution is -2.35. The molecular weight excluding hydrogens is 485 g/mol. The van der Waals surface area contributed by atoms with Gasteiger partial charge in [-0.15, -0.1) is 0 Å². The molecule has 0 atom stereocenters. The predicted octanol–water partition coefficient (Wildman–Crippen LogP) is 4.06. The van der Waals surface area contributed by atoms with Crippen molar-refractivity contribution in [3.63, 3.8) is 0 Å². The Labute approximate surface area is 199 Å². The van der Waals surface area contributed by atoms with Crippen molar-refractivity contribution in [2.75, 3.05) is 11.3 Å². The van der Waals surface area contributed by atoms with Crippen LogP contribution in [0.5, 0.6) is 5.88 Å². The Morgan fingerprint density at radius 3 is 2.60 bits per heavy atom. The second kappa shape index (κ2) is 9.53. The third kappa shape index (κ3) is 5.37. The maximum absolute atomic E-state index is 14.9. The van der Waals surface area contributed by atoms with Gasteiger partial charge in [0.15, 0.2) is 0 Å². The molecule has 1 saturated carbocycles. The highest BCUT2D eigenvalue weighted by Gasteiger charge is 2.46. The van der Waals surface area contributed by atoms with Gasteiger partial charge in [-0.05, 0) is 49.6 Å². The number of sulfonamides is 1. The number of alkyl halides is 2. The average Bonchev–Trinajstić information content (AvgIpc) is 3.60. The van der Waals surface area contributed by atoms with E-state index < -0.39 is 33.0 Å². The summed E-state index contributed by atoms with van der Waals surface area (Å²) in [6, 6.07) is 9.86. The van der Waals surface area contributed by atoms with E-state index >= 15 is 0 Å². The zero-order valence-corrected chi connectivity index (χ0v) is 19.3. The number of hydrogen-bond donors (Lipinski definition) is 2. The van der Waals surface area contributed by atoms with Gasteiger partial charge < -0.3 is 10.1 Å². The molecule has 0 radical (unpaired) electrons. The first kappa shape index (κ1) is 24.5. The van der Waals surface area contributed by atoms with Gasteiger partial charge in [0.25, 0.3) is 15.9 Å². The molecule has 0 unspecified atom stereocenters. The first-order chi connectivity index (χ1) is 16.6. The standard InChI is InChI=1S/C23H21F3N4O4S/c1-2-34-20-13-27-12-19(28-20)14-6-7-17(18(24)10-14)21(31)29-23(8-9-23)15-4-3-5-16(11-15)30-35(32,33)22(25)26/h3-7,10-13,22,30H,2,8-9H2,1H3,(H,29,31). The molecule has 0 bridgehead atoms. The highest BCUT2D eigenvalue weighted by molar-refractivity contribution is 7.93. The van der Waals surface area contributed by atoms with Crippen molar-refractivity contribution in [3.8, 4) is 17.1 Å². The molecule has 0 aliphatic heterocycles. The van der Waals surface area contributed by atoms with E-state index in [2.05, 4.69) is 15.3 Å². The molecule has 0 saturated heterocycles. The molecular formula is C23H21F3N4O4S. The fourth-order valence-electron chi connectivity index (χ4n) is 3.55. The Kier molecular flexibility index (Phi) is 6.66. The SMILES string of the molecule is CCOc1cncc(-c2ccc(C(=O)NC3(c4cccc(NS(=O)(=O)C(F)F)c4)CC3)c(F)c2)n1. The van der Waals surface area contributed by atoms with Crippen LogP contribution in [0, 0.1) is 5.82 Å². The Balaban J connectivity index is 1.52. The molecule has 35 heavy (non-hydrogen) atoms. The zero-order valence-electron chi connectivity index (χ0n) is 18.5. The number of rotatable bonds is 9. The third-order valence-corrected chi connectivity index (χ3v) is 6.42. The topological polar surface area (TPSA) is 110 Å². The van der Waals surface area contributed by atoms with Crippen LogP contribution in [0.1, 0.15) is 35.7 Å². The van der Waals surface area contributed by atoms with Crippen molar-refractivity contribution in [2.45, 2.75) is 31.1 Å².